The molecule has 51 heavy (non-hydrogen) atoms. The van der Waals surface area contributed by atoms with Gasteiger partial charge in [-0.15, -0.1) is 0 Å². The first-order valence-electron chi connectivity index (χ1n) is 19.8. The van der Waals surface area contributed by atoms with Gasteiger partial charge < -0.3 is 59.1 Å². The van der Waals surface area contributed by atoms with Gasteiger partial charge in [0.2, 0.25) is 0 Å². The quantitative estimate of drug-likeness (QED) is 0.234. The van der Waals surface area contributed by atoms with Crippen LogP contribution in [0.1, 0.15) is 92.9 Å². The first-order chi connectivity index (χ1) is 24.1. The van der Waals surface area contributed by atoms with Crippen LogP contribution < -0.4 is 0 Å². The second-order valence-corrected chi connectivity index (χ2v) is 18.3. The van der Waals surface area contributed by atoms with Crippen molar-refractivity contribution in [1.82, 2.24) is 0 Å². The van der Waals surface area contributed by atoms with Crippen LogP contribution in [0.3, 0.4) is 0 Å². The van der Waals surface area contributed by atoms with Crippen molar-refractivity contribution in [2.45, 2.75) is 178 Å². The van der Waals surface area contributed by atoms with E-state index in [0.29, 0.717) is 48.3 Å². The van der Waals surface area contributed by atoms with Crippen LogP contribution in [0.25, 0.3) is 0 Å². The average Bonchev–Trinajstić information content (AvgIpc) is 3.54. The number of fused-ring (bicyclic) bond motifs is 7. The van der Waals surface area contributed by atoms with Crippen molar-refractivity contribution in [3.05, 3.63) is 11.6 Å². The van der Waals surface area contributed by atoms with Gasteiger partial charge in [-0.1, -0.05) is 39.3 Å². The molecule has 3 saturated carbocycles. The van der Waals surface area contributed by atoms with E-state index in [2.05, 4.69) is 33.8 Å². The van der Waals surface area contributed by atoms with Gasteiger partial charge in [-0.25, -0.2) is 0 Å². The molecule has 12 nitrogen and oxygen atoms in total. The van der Waals surface area contributed by atoms with Crippen LogP contribution in [0.15, 0.2) is 11.6 Å². The SMILES string of the molecule is CC1C2[C@H](C[C@H]3[C@@H]4CC=C5C[C@@H](O)C[C@@H](O[C@@H]6O[C@H](C)[C@H](O)[C@H](O)[C@H]6O[C@@H]6O[C@@H](C)[C@H](O)[C@@H](O)[C@H]6O)[C@]5(C)[C@H]4CC[C@]23C)O[C@]12CC[C@H](C)CO2. The summed E-state index contributed by atoms with van der Waals surface area (Å²) in [6.45, 7) is 13.4. The molecule has 6 N–H and O–H groups in total. The van der Waals surface area contributed by atoms with E-state index in [-0.39, 0.29) is 11.5 Å². The Labute approximate surface area is 301 Å². The van der Waals surface area contributed by atoms with Crippen molar-refractivity contribution in [3.63, 3.8) is 0 Å². The van der Waals surface area contributed by atoms with Crippen LogP contribution in [0.4, 0.5) is 0 Å². The molecule has 4 aliphatic carbocycles. The molecule has 8 rings (SSSR count). The lowest BCUT2D eigenvalue weighted by Gasteiger charge is -2.60. The topological polar surface area (TPSA) is 177 Å². The van der Waals surface area contributed by atoms with Gasteiger partial charge >= 0.3 is 0 Å². The van der Waals surface area contributed by atoms with Crippen molar-refractivity contribution < 1.29 is 59.1 Å². The fourth-order valence-corrected chi connectivity index (χ4v) is 12.6. The van der Waals surface area contributed by atoms with Crippen molar-refractivity contribution in [1.29, 1.82) is 0 Å². The third kappa shape index (κ3) is 5.67. The highest BCUT2D eigenvalue weighted by Gasteiger charge is 2.69. The zero-order valence-electron chi connectivity index (χ0n) is 31.0. The lowest BCUT2D eigenvalue weighted by Crippen LogP contribution is -2.64. The molecule has 22 atom stereocenters. The van der Waals surface area contributed by atoms with Crippen LogP contribution in [0.5, 0.6) is 0 Å². The molecule has 0 radical (unpaired) electrons. The Morgan fingerprint density at radius 2 is 1.47 bits per heavy atom. The van der Waals surface area contributed by atoms with Crippen molar-refractivity contribution in [3.8, 4) is 0 Å². The van der Waals surface area contributed by atoms with Gasteiger partial charge in [0.1, 0.15) is 36.6 Å². The summed E-state index contributed by atoms with van der Waals surface area (Å²) in [6.07, 6.45) is -4.22. The predicted molar refractivity (Wildman–Crippen MR) is 182 cm³/mol. The second kappa shape index (κ2) is 13.2. The fourth-order valence-electron chi connectivity index (χ4n) is 12.6. The Balaban J connectivity index is 1.05. The Kier molecular flexibility index (Phi) is 9.62. The summed E-state index contributed by atoms with van der Waals surface area (Å²) in [7, 11) is 0. The van der Waals surface area contributed by atoms with Gasteiger partial charge in [-0.2, -0.15) is 0 Å². The van der Waals surface area contributed by atoms with Crippen molar-refractivity contribution in [2.24, 2.45) is 46.3 Å². The maximum atomic E-state index is 11.3. The summed E-state index contributed by atoms with van der Waals surface area (Å²) in [5.74, 6) is 2.06. The van der Waals surface area contributed by atoms with E-state index in [9.17, 15) is 30.6 Å². The normalized spacial score (nSPS) is 59.8. The standard InChI is InChI=1S/C39H62O12/c1-17-9-12-39(46-16-17)18(2)28-26(51-39)15-25-23-8-7-21-13-22(40)14-27(38(21,6)24(23)10-11-37(25,28)5)49-36-34(32(44)30(42)20(4)48-36)50-35-33(45)31(43)29(41)19(3)47-35/h7,17-20,22-36,40-45H,8-16H2,1-6H3/t17-,18?,19-,20+,22+,23+,24-,25-,26-,27+,28?,29-,30-,31+,32-,33+,34+,35-,36-,37-,38-,39+/m0/s1. The lowest BCUT2D eigenvalue weighted by molar-refractivity contribution is -0.371. The summed E-state index contributed by atoms with van der Waals surface area (Å²) in [5.41, 5.74) is 0.900. The number of aliphatic hydroxyl groups excluding tert-OH is 6. The van der Waals surface area contributed by atoms with Crippen LogP contribution in [0, 0.1) is 46.3 Å². The summed E-state index contributed by atoms with van der Waals surface area (Å²) >= 11 is 0. The summed E-state index contributed by atoms with van der Waals surface area (Å²) in [5, 5.41) is 64.8. The van der Waals surface area contributed by atoms with Crippen LogP contribution in [-0.4, -0.2) is 123 Å². The van der Waals surface area contributed by atoms with E-state index in [4.69, 9.17) is 28.4 Å². The van der Waals surface area contributed by atoms with E-state index in [1.807, 2.05) is 0 Å². The average molecular weight is 723 g/mol. The van der Waals surface area contributed by atoms with E-state index in [1.165, 1.54) is 5.57 Å². The van der Waals surface area contributed by atoms with E-state index < -0.39 is 84.8 Å². The zero-order valence-corrected chi connectivity index (χ0v) is 31.0. The number of hydrogen-bond acceptors (Lipinski definition) is 12. The molecule has 4 saturated heterocycles. The van der Waals surface area contributed by atoms with Gasteiger partial charge in [-0.05, 0) is 87.4 Å². The maximum absolute atomic E-state index is 11.3. The minimum Gasteiger partial charge on any atom is -0.393 e. The maximum Gasteiger partial charge on any atom is 0.187 e. The third-order valence-corrected chi connectivity index (χ3v) is 15.6. The number of rotatable bonds is 4. The molecule has 7 fully saturated rings. The summed E-state index contributed by atoms with van der Waals surface area (Å²) in [6, 6.07) is 0. The molecular formula is C39H62O12. The molecule has 2 unspecified atom stereocenters. The molecule has 0 bridgehead atoms. The molecule has 0 amide bonds. The third-order valence-electron chi connectivity index (χ3n) is 15.6. The number of ether oxygens (including phenoxy) is 6. The Bertz CT molecular complexity index is 1320. The van der Waals surface area contributed by atoms with E-state index in [1.54, 1.807) is 13.8 Å². The van der Waals surface area contributed by atoms with Crippen molar-refractivity contribution in [2.75, 3.05) is 6.61 Å². The largest absolute Gasteiger partial charge is 0.393 e. The highest BCUT2D eigenvalue weighted by molar-refractivity contribution is 5.29. The first kappa shape index (κ1) is 37.2. The summed E-state index contributed by atoms with van der Waals surface area (Å²) < 4.78 is 38.4. The predicted octanol–water partition coefficient (Wildman–Crippen LogP) is 2.39. The van der Waals surface area contributed by atoms with E-state index >= 15 is 0 Å². The summed E-state index contributed by atoms with van der Waals surface area (Å²) in [4.78, 5) is 0. The van der Waals surface area contributed by atoms with Crippen LogP contribution >= 0.6 is 0 Å². The molecule has 4 aliphatic heterocycles. The number of allylic oxidation sites excluding steroid dienone is 1. The number of aliphatic hydroxyl groups is 6. The van der Waals surface area contributed by atoms with E-state index in [0.717, 1.165) is 45.1 Å². The zero-order chi connectivity index (χ0) is 36.4. The van der Waals surface area contributed by atoms with Gasteiger partial charge in [0, 0.05) is 24.2 Å². The molecule has 290 valence electrons. The highest BCUT2D eigenvalue weighted by Crippen LogP contribution is 2.71. The van der Waals surface area contributed by atoms with Crippen molar-refractivity contribution >= 4 is 0 Å². The van der Waals surface area contributed by atoms with Gasteiger partial charge in [0.25, 0.3) is 0 Å². The minimum absolute atomic E-state index is 0.130. The molecule has 1 spiro atoms. The molecular weight excluding hydrogens is 660 g/mol. The minimum atomic E-state index is -1.61. The Hall–Kier alpha value is -0.740. The van der Waals surface area contributed by atoms with Gasteiger partial charge in [0.15, 0.2) is 18.4 Å². The molecule has 0 aromatic heterocycles. The number of hydrogen-bond donors (Lipinski definition) is 6. The molecule has 8 aliphatic rings. The Morgan fingerprint density at radius 3 is 2.18 bits per heavy atom. The molecule has 12 heteroatoms. The monoisotopic (exact) mass is 722 g/mol. The lowest BCUT2D eigenvalue weighted by atomic mass is 9.46. The molecule has 4 heterocycles. The smallest absolute Gasteiger partial charge is 0.187 e. The highest BCUT2D eigenvalue weighted by atomic mass is 16.8. The molecule has 0 aromatic carbocycles. The van der Waals surface area contributed by atoms with Gasteiger partial charge in [-0.3, -0.25) is 0 Å². The van der Waals surface area contributed by atoms with Crippen LogP contribution in [0.2, 0.25) is 0 Å². The molecule has 0 aromatic rings. The second-order valence-electron chi connectivity index (χ2n) is 18.3. The van der Waals surface area contributed by atoms with Crippen LogP contribution in [-0.2, 0) is 28.4 Å². The van der Waals surface area contributed by atoms with Gasteiger partial charge in [0.05, 0.1) is 37.1 Å². The Morgan fingerprint density at radius 1 is 0.765 bits per heavy atom. The first-order valence-corrected chi connectivity index (χ1v) is 19.8. The fraction of sp³-hybridized carbons (Fsp3) is 0.949.